The Labute approximate surface area is 179 Å². The van der Waals surface area contributed by atoms with Crippen LogP contribution in [0.3, 0.4) is 0 Å². The summed E-state index contributed by atoms with van der Waals surface area (Å²) >= 11 is 1.61. The van der Waals surface area contributed by atoms with Crippen LogP contribution in [0, 0.1) is 23.7 Å². The normalized spacial score (nSPS) is 27.7. The molecule has 3 amide bonds. The molecule has 30 heavy (non-hydrogen) atoms. The van der Waals surface area contributed by atoms with Crippen LogP contribution in [0.2, 0.25) is 0 Å². The number of thioether (sulfide) groups is 1. The molecule has 1 saturated heterocycles. The van der Waals surface area contributed by atoms with E-state index in [-0.39, 0.29) is 41.4 Å². The van der Waals surface area contributed by atoms with Crippen molar-refractivity contribution in [2.24, 2.45) is 23.7 Å². The average molecular weight is 421 g/mol. The zero-order valence-electron chi connectivity index (χ0n) is 16.8. The summed E-state index contributed by atoms with van der Waals surface area (Å²) in [5.41, 5.74) is 0.702. The Hall–Kier alpha value is -2.60. The van der Waals surface area contributed by atoms with Gasteiger partial charge in [-0.2, -0.15) is 11.8 Å². The zero-order chi connectivity index (χ0) is 20.8. The van der Waals surface area contributed by atoms with Gasteiger partial charge in [-0.1, -0.05) is 48.6 Å². The number of fused-ring (bicyclic) bond motifs is 6. The number of anilines is 1. The average Bonchev–Trinajstić information content (AvgIpc) is 3.44. The van der Waals surface area contributed by atoms with E-state index in [9.17, 15) is 14.4 Å². The van der Waals surface area contributed by atoms with Gasteiger partial charge in [0, 0.05) is 11.1 Å². The predicted octanol–water partition coefficient (Wildman–Crippen LogP) is 3.71. The topological polar surface area (TPSA) is 66.5 Å². The van der Waals surface area contributed by atoms with Crippen LogP contribution in [0.25, 0.3) is 10.8 Å². The Bertz CT molecular complexity index is 1030. The van der Waals surface area contributed by atoms with Crippen LogP contribution in [0.15, 0.2) is 54.6 Å². The lowest BCUT2D eigenvalue weighted by atomic mass is 9.85. The minimum Gasteiger partial charge on any atom is -0.324 e. The quantitative estimate of drug-likeness (QED) is 0.572. The predicted molar refractivity (Wildman–Crippen MR) is 119 cm³/mol. The third-order valence-electron chi connectivity index (χ3n) is 6.76. The highest BCUT2D eigenvalue weighted by atomic mass is 32.2. The van der Waals surface area contributed by atoms with Crippen molar-refractivity contribution in [3.05, 3.63) is 54.6 Å². The van der Waals surface area contributed by atoms with Crippen LogP contribution in [0.4, 0.5) is 5.69 Å². The lowest BCUT2D eigenvalue weighted by Gasteiger charge is -2.27. The Kier molecular flexibility index (Phi) is 4.89. The van der Waals surface area contributed by atoms with Crippen LogP contribution in [0.5, 0.6) is 0 Å². The molecule has 2 aromatic carbocycles. The van der Waals surface area contributed by atoms with Crippen molar-refractivity contribution < 1.29 is 14.4 Å². The smallest absolute Gasteiger partial charge is 0.247 e. The Morgan fingerprint density at radius 3 is 2.43 bits per heavy atom. The number of hydrogen-bond donors (Lipinski definition) is 1. The first-order valence-electron chi connectivity index (χ1n) is 10.4. The number of carbonyl (C=O) groups excluding carboxylic acids is 3. The Morgan fingerprint density at radius 2 is 1.73 bits per heavy atom. The second-order valence-electron chi connectivity index (χ2n) is 8.36. The summed E-state index contributed by atoms with van der Waals surface area (Å²) in [7, 11) is 0. The molecule has 3 aliphatic rings. The van der Waals surface area contributed by atoms with E-state index in [1.54, 1.807) is 11.8 Å². The highest BCUT2D eigenvalue weighted by Gasteiger charge is 2.61. The summed E-state index contributed by atoms with van der Waals surface area (Å²) in [5, 5.41) is 4.97. The molecule has 1 heterocycles. The van der Waals surface area contributed by atoms with Gasteiger partial charge in [-0.3, -0.25) is 19.3 Å². The van der Waals surface area contributed by atoms with Crippen molar-refractivity contribution in [2.45, 2.75) is 18.9 Å². The van der Waals surface area contributed by atoms with Crippen LogP contribution >= 0.6 is 11.8 Å². The Balaban J connectivity index is 1.44. The van der Waals surface area contributed by atoms with E-state index < -0.39 is 6.04 Å². The first-order chi connectivity index (χ1) is 14.6. The number of allylic oxidation sites excluding steroid dienone is 2. The molecule has 1 N–H and O–H groups in total. The van der Waals surface area contributed by atoms with E-state index in [4.69, 9.17) is 0 Å². The van der Waals surface area contributed by atoms with Gasteiger partial charge in [-0.25, -0.2) is 0 Å². The van der Waals surface area contributed by atoms with E-state index >= 15 is 0 Å². The molecule has 1 saturated carbocycles. The number of hydrogen-bond acceptors (Lipinski definition) is 4. The van der Waals surface area contributed by atoms with Gasteiger partial charge in [0.1, 0.15) is 6.04 Å². The van der Waals surface area contributed by atoms with Gasteiger partial charge in [0.2, 0.25) is 17.7 Å². The first-order valence-corrected chi connectivity index (χ1v) is 11.8. The zero-order valence-corrected chi connectivity index (χ0v) is 17.6. The SMILES string of the molecule is CSCCC(C(=O)Nc1cccc2ccccc12)N1C(=O)C2C3C=CC(C3)C2C1=O. The fourth-order valence-corrected chi connectivity index (χ4v) is 5.85. The molecule has 2 aliphatic carbocycles. The van der Waals surface area contributed by atoms with Gasteiger partial charge in [-0.15, -0.1) is 0 Å². The van der Waals surface area contributed by atoms with E-state index in [2.05, 4.69) is 17.5 Å². The molecule has 6 heteroatoms. The van der Waals surface area contributed by atoms with Crippen molar-refractivity contribution >= 4 is 45.9 Å². The molecule has 154 valence electrons. The van der Waals surface area contributed by atoms with E-state index in [0.29, 0.717) is 17.9 Å². The number of nitrogens with one attached hydrogen (secondary N) is 1. The molecule has 5 rings (SSSR count). The molecule has 1 aliphatic heterocycles. The standard InChI is InChI=1S/C24H24N2O3S/c1-30-12-11-19(22(27)25-18-8-4-6-14-5-2-3-7-17(14)18)26-23(28)20-15-9-10-16(13-15)21(20)24(26)29/h2-10,15-16,19-21H,11-13H2,1H3,(H,25,27). The van der Waals surface area contributed by atoms with E-state index in [0.717, 1.165) is 17.2 Å². The number of nitrogens with zero attached hydrogens (tertiary/aromatic N) is 1. The number of amides is 3. The van der Waals surface area contributed by atoms with Gasteiger partial charge in [0.05, 0.1) is 11.8 Å². The lowest BCUT2D eigenvalue weighted by Crippen LogP contribution is -2.48. The third kappa shape index (κ3) is 2.97. The highest BCUT2D eigenvalue weighted by molar-refractivity contribution is 7.98. The summed E-state index contributed by atoms with van der Waals surface area (Å²) in [4.78, 5) is 41.1. The van der Waals surface area contributed by atoms with Gasteiger partial charge in [0.25, 0.3) is 0 Å². The maximum atomic E-state index is 13.4. The molecule has 0 spiro atoms. The summed E-state index contributed by atoms with van der Waals surface area (Å²) in [5.74, 6) is -0.202. The molecule has 0 aromatic heterocycles. The van der Waals surface area contributed by atoms with Crippen LogP contribution in [-0.2, 0) is 14.4 Å². The molecule has 2 aromatic rings. The van der Waals surface area contributed by atoms with Crippen molar-refractivity contribution in [3.8, 4) is 0 Å². The summed E-state index contributed by atoms with van der Waals surface area (Å²) < 4.78 is 0. The molecule has 2 fully saturated rings. The minimum atomic E-state index is -0.776. The number of rotatable bonds is 6. The van der Waals surface area contributed by atoms with Gasteiger partial charge in [-0.05, 0) is 48.1 Å². The highest BCUT2D eigenvalue weighted by Crippen LogP contribution is 2.53. The number of likely N-dealkylation sites (tertiary alicyclic amines) is 1. The fourth-order valence-electron chi connectivity index (χ4n) is 5.39. The molecular formula is C24H24N2O3S. The number of imide groups is 1. The molecule has 5 unspecified atom stereocenters. The van der Waals surface area contributed by atoms with Crippen LogP contribution in [-0.4, -0.2) is 40.7 Å². The lowest BCUT2D eigenvalue weighted by molar-refractivity contribution is -0.147. The van der Waals surface area contributed by atoms with E-state index in [1.807, 2.05) is 48.7 Å². The van der Waals surface area contributed by atoms with Crippen LogP contribution in [0.1, 0.15) is 12.8 Å². The first kappa shape index (κ1) is 19.4. The summed E-state index contributed by atoms with van der Waals surface area (Å²) in [6.45, 7) is 0. The van der Waals surface area contributed by atoms with E-state index in [1.165, 1.54) is 4.90 Å². The molecule has 5 atom stereocenters. The molecule has 5 nitrogen and oxygen atoms in total. The van der Waals surface area contributed by atoms with Gasteiger partial charge < -0.3 is 5.32 Å². The fraction of sp³-hybridized carbons (Fsp3) is 0.375. The maximum Gasteiger partial charge on any atom is 0.247 e. The van der Waals surface area contributed by atoms with Crippen LogP contribution < -0.4 is 5.32 Å². The van der Waals surface area contributed by atoms with Crippen molar-refractivity contribution in [2.75, 3.05) is 17.3 Å². The van der Waals surface area contributed by atoms with Crippen molar-refractivity contribution in [3.63, 3.8) is 0 Å². The van der Waals surface area contributed by atoms with Gasteiger partial charge in [0.15, 0.2) is 0 Å². The number of benzene rings is 2. The Morgan fingerprint density at radius 1 is 1.07 bits per heavy atom. The second-order valence-corrected chi connectivity index (χ2v) is 9.35. The van der Waals surface area contributed by atoms with Gasteiger partial charge >= 0.3 is 0 Å². The van der Waals surface area contributed by atoms with Crippen molar-refractivity contribution in [1.29, 1.82) is 0 Å². The summed E-state index contributed by atoms with van der Waals surface area (Å²) in [6.07, 6.45) is 7.46. The monoisotopic (exact) mass is 420 g/mol. The second kappa shape index (κ2) is 7.58. The largest absolute Gasteiger partial charge is 0.324 e. The number of carbonyl (C=O) groups is 3. The van der Waals surface area contributed by atoms with Crippen molar-refractivity contribution in [1.82, 2.24) is 4.90 Å². The molecular weight excluding hydrogens is 396 g/mol. The minimum absolute atomic E-state index is 0.142. The molecule has 2 bridgehead atoms. The molecule has 0 radical (unpaired) electrons. The third-order valence-corrected chi connectivity index (χ3v) is 7.41. The maximum absolute atomic E-state index is 13.4. The summed E-state index contributed by atoms with van der Waals surface area (Å²) in [6, 6.07) is 12.8.